The van der Waals surface area contributed by atoms with Crippen molar-refractivity contribution in [1.82, 2.24) is 0 Å². The van der Waals surface area contributed by atoms with Crippen LogP contribution in [0, 0.1) is 5.92 Å². The highest BCUT2D eigenvalue weighted by Gasteiger charge is 2.23. The molecule has 78 valence electrons. The van der Waals surface area contributed by atoms with Crippen LogP contribution in [0.2, 0.25) is 0 Å². The van der Waals surface area contributed by atoms with E-state index in [0.717, 1.165) is 12.3 Å². The van der Waals surface area contributed by atoms with Crippen molar-refractivity contribution in [1.29, 1.82) is 0 Å². The van der Waals surface area contributed by atoms with Crippen LogP contribution in [0.15, 0.2) is 34.9 Å². The Bertz CT molecular complexity index is 265. The van der Waals surface area contributed by atoms with Gasteiger partial charge < -0.3 is 0 Å². The third-order valence-corrected chi connectivity index (χ3v) is 3.69. The smallest absolute Gasteiger partial charge is 0.00131 e. The zero-order valence-electron chi connectivity index (χ0n) is 9.98. The minimum absolute atomic E-state index is 0.718. The van der Waals surface area contributed by atoms with Gasteiger partial charge in [-0.15, -0.1) is 6.58 Å². The molecule has 1 aliphatic carbocycles. The summed E-state index contributed by atoms with van der Waals surface area (Å²) in [5, 5.41) is 0. The summed E-state index contributed by atoms with van der Waals surface area (Å²) in [6.45, 7) is 12.8. The van der Waals surface area contributed by atoms with Gasteiger partial charge in [-0.25, -0.2) is 0 Å². The summed E-state index contributed by atoms with van der Waals surface area (Å²) < 4.78 is 0. The molecule has 14 heavy (non-hydrogen) atoms. The topological polar surface area (TPSA) is 0 Å². The molecule has 0 aromatic rings. The molecule has 0 aromatic carbocycles. The molecule has 0 unspecified atom stereocenters. The molecule has 0 nitrogen and oxygen atoms in total. The zero-order valence-corrected chi connectivity index (χ0v) is 9.98. The van der Waals surface area contributed by atoms with E-state index in [1.54, 1.807) is 11.1 Å². The third-order valence-electron chi connectivity index (χ3n) is 3.69. The van der Waals surface area contributed by atoms with Gasteiger partial charge in [-0.2, -0.15) is 0 Å². The van der Waals surface area contributed by atoms with Crippen LogP contribution in [-0.2, 0) is 0 Å². The second kappa shape index (κ2) is 4.63. The summed E-state index contributed by atoms with van der Waals surface area (Å²) in [4.78, 5) is 0. The average Bonchev–Trinajstić information content (AvgIpc) is 2.35. The van der Waals surface area contributed by atoms with E-state index in [-0.39, 0.29) is 0 Å². The van der Waals surface area contributed by atoms with Crippen molar-refractivity contribution in [2.24, 2.45) is 5.92 Å². The summed E-state index contributed by atoms with van der Waals surface area (Å²) in [5.74, 6) is 0.718. The Morgan fingerprint density at radius 2 is 1.57 bits per heavy atom. The minimum Gasteiger partial charge on any atom is -0.103 e. The van der Waals surface area contributed by atoms with Crippen molar-refractivity contribution >= 4 is 0 Å². The van der Waals surface area contributed by atoms with Crippen molar-refractivity contribution in [3.8, 4) is 0 Å². The van der Waals surface area contributed by atoms with E-state index >= 15 is 0 Å². The van der Waals surface area contributed by atoms with E-state index in [2.05, 4.69) is 34.3 Å². The second-order valence-corrected chi connectivity index (χ2v) is 4.39. The lowest BCUT2D eigenvalue weighted by atomic mass is 9.91. The molecular formula is C14H22. The molecule has 0 aromatic heterocycles. The normalized spacial score (nSPS) is 18.3. The Balaban J connectivity index is 2.67. The standard InChI is InChI=1S/C14H22/c1-6-7-8-9-14-12(4)10(2)11(3)13(14)5/h6,14H,1,7-9H2,2-5H3. The van der Waals surface area contributed by atoms with Crippen LogP contribution in [0.5, 0.6) is 0 Å². The van der Waals surface area contributed by atoms with Gasteiger partial charge in [-0.3, -0.25) is 0 Å². The Kier molecular flexibility index (Phi) is 3.74. The van der Waals surface area contributed by atoms with Gasteiger partial charge in [0, 0.05) is 5.92 Å². The largest absolute Gasteiger partial charge is 0.103 e. The molecule has 0 N–H and O–H groups in total. The summed E-state index contributed by atoms with van der Waals surface area (Å²) >= 11 is 0. The van der Waals surface area contributed by atoms with Crippen LogP contribution < -0.4 is 0 Å². The maximum Gasteiger partial charge on any atom is 0.00131 e. The molecule has 0 saturated heterocycles. The number of allylic oxidation sites excluding steroid dienone is 5. The molecule has 0 saturated carbocycles. The SMILES string of the molecule is C=CCCCC1C(C)=C(C)C(C)=C1C. The number of unbranched alkanes of at least 4 members (excludes halogenated alkanes) is 1. The molecule has 1 aliphatic rings. The quantitative estimate of drug-likeness (QED) is 0.447. The van der Waals surface area contributed by atoms with E-state index in [4.69, 9.17) is 0 Å². The molecule has 0 aliphatic heterocycles. The Hall–Kier alpha value is -0.780. The molecule has 0 fully saturated rings. The van der Waals surface area contributed by atoms with Gasteiger partial charge >= 0.3 is 0 Å². The lowest BCUT2D eigenvalue weighted by Gasteiger charge is -2.14. The lowest BCUT2D eigenvalue weighted by Crippen LogP contribution is -2.00. The van der Waals surface area contributed by atoms with Gasteiger partial charge in [0.05, 0.1) is 0 Å². The van der Waals surface area contributed by atoms with Crippen molar-refractivity contribution in [3.63, 3.8) is 0 Å². The van der Waals surface area contributed by atoms with Crippen LogP contribution >= 0.6 is 0 Å². The van der Waals surface area contributed by atoms with Gasteiger partial charge in [0.1, 0.15) is 0 Å². The Morgan fingerprint density at radius 1 is 1.07 bits per heavy atom. The first kappa shape index (κ1) is 11.3. The first-order chi connectivity index (χ1) is 6.59. The van der Waals surface area contributed by atoms with Crippen LogP contribution in [0.3, 0.4) is 0 Å². The summed E-state index contributed by atoms with van der Waals surface area (Å²) in [7, 11) is 0. The fourth-order valence-electron chi connectivity index (χ4n) is 2.34. The highest BCUT2D eigenvalue weighted by Crippen LogP contribution is 2.39. The van der Waals surface area contributed by atoms with Gasteiger partial charge in [-0.1, -0.05) is 17.2 Å². The predicted molar refractivity (Wildman–Crippen MR) is 64.3 cm³/mol. The van der Waals surface area contributed by atoms with Gasteiger partial charge in [0.25, 0.3) is 0 Å². The number of hydrogen-bond donors (Lipinski definition) is 0. The third kappa shape index (κ3) is 2.00. The second-order valence-electron chi connectivity index (χ2n) is 4.39. The summed E-state index contributed by atoms with van der Waals surface area (Å²) in [6, 6.07) is 0. The first-order valence-corrected chi connectivity index (χ1v) is 5.55. The molecule has 0 bridgehead atoms. The highest BCUT2D eigenvalue weighted by atomic mass is 14.3. The molecule has 0 heterocycles. The number of rotatable bonds is 4. The van der Waals surface area contributed by atoms with E-state index < -0.39 is 0 Å². The van der Waals surface area contributed by atoms with E-state index in [0.29, 0.717) is 0 Å². The fourth-order valence-corrected chi connectivity index (χ4v) is 2.34. The van der Waals surface area contributed by atoms with Crippen LogP contribution in [0.25, 0.3) is 0 Å². The van der Waals surface area contributed by atoms with Gasteiger partial charge in [0.2, 0.25) is 0 Å². The minimum atomic E-state index is 0.718. The van der Waals surface area contributed by atoms with E-state index in [9.17, 15) is 0 Å². The predicted octanol–water partition coefficient (Wildman–Crippen LogP) is 4.65. The summed E-state index contributed by atoms with van der Waals surface area (Å²) in [6.07, 6.45) is 5.73. The van der Waals surface area contributed by atoms with Gasteiger partial charge in [-0.05, 0) is 58.1 Å². The lowest BCUT2D eigenvalue weighted by molar-refractivity contribution is 0.612. The molecule has 0 radical (unpaired) electrons. The number of hydrogen-bond acceptors (Lipinski definition) is 0. The molecule has 0 heteroatoms. The van der Waals surface area contributed by atoms with Crippen molar-refractivity contribution < 1.29 is 0 Å². The zero-order chi connectivity index (χ0) is 10.7. The highest BCUT2D eigenvalue weighted by molar-refractivity contribution is 5.46. The molecule has 0 spiro atoms. The molecule has 1 rings (SSSR count). The van der Waals surface area contributed by atoms with Crippen LogP contribution in [-0.4, -0.2) is 0 Å². The van der Waals surface area contributed by atoms with Crippen molar-refractivity contribution in [3.05, 3.63) is 34.9 Å². The maximum absolute atomic E-state index is 3.77. The first-order valence-electron chi connectivity index (χ1n) is 5.55. The van der Waals surface area contributed by atoms with Crippen LogP contribution in [0.1, 0.15) is 47.0 Å². The maximum atomic E-state index is 3.77. The van der Waals surface area contributed by atoms with Crippen LogP contribution in [0.4, 0.5) is 0 Å². The van der Waals surface area contributed by atoms with Crippen molar-refractivity contribution in [2.75, 3.05) is 0 Å². The van der Waals surface area contributed by atoms with Crippen molar-refractivity contribution in [2.45, 2.75) is 47.0 Å². The average molecular weight is 190 g/mol. The Morgan fingerprint density at radius 3 is 2.00 bits per heavy atom. The molecule has 0 atom stereocenters. The summed E-state index contributed by atoms with van der Waals surface area (Å²) in [5.41, 5.74) is 6.21. The van der Waals surface area contributed by atoms with E-state index in [1.807, 2.05) is 6.08 Å². The van der Waals surface area contributed by atoms with E-state index in [1.165, 1.54) is 24.0 Å². The van der Waals surface area contributed by atoms with Gasteiger partial charge in [0.15, 0.2) is 0 Å². The monoisotopic (exact) mass is 190 g/mol. The molecule has 0 amide bonds. The fraction of sp³-hybridized carbons (Fsp3) is 0.571. The Labute approximate surface area is 88.4 Å². The molecular weight excluding hydrogens is 168 g/mol.